The monoisotopic (exact) mass is 261 g/mol. The van der Waals surface area contributed by atoms with E-state index in [9.17, 15) is 19.9 Å². The van der Waals surface area contributed by atoms with Crippen LogP contribution in [0.4, 0.5) is 0 Å². The van der Waals surface area contributed by atoms with Crippen LogP contribution in [0, 0.1) is 12.1 Å². The number of aliphatic hydroxyl groups is 1. The maximum Gasteiger partial charge on any atom is 0.330 e. The van der Waals surface area contributed by atoms with Gasteiger partial charge in [0, 0.05) is 11.8 Å². The summed E-state index contributed by atoms with van der Waals surface area (Å²) in [5, 5.41) is 26.7. The molecule has 1 rings (SSSR count). The lowest BCUT2D eigenvalue weighted by atomic mass is 10.4. The summed E-state index contributed by atoms with van der Waals surface area (Å²) >= 11 is 0. The van der Waals surface area contributed by atoms with Gasteiger partial charge in [-0.3, -0.25) is 14.3 Å². The molecule has 0 radical (unpaired) electrons. The average molecular weight is 261 g/mol. The van der Waals surface area contributed by atoms with Crippen LogP contribution in [0.15, 0.2) is 15.8 Å². The van der Waals surface area contributed by atoms with E-state index < -0.39 is 29.1 Å². The fraction of sp³-hybridized carbons (Fsp3) is 0.556. The number of ether oxygens (including phenoxy) is 1. The molecule has 1 heterocycles. The van der Waals surface area contributed by atoms with Gasteiger partial charge in [0.15, 0.2) is 0 Å². The van der Waals surface area contributed by atoms with Gasteiger partial charge in [-0.15, -0.1) is 0 Å². The zero-order valence-corrected chi connectivity index (χ0v) is 9.75. The molecule has 4 N–H and O–H groups in total. The molecule has 102 valence electrons. The molecule has 0 aliphatic heterocycles. The lowest BCUT2D eigenvalue weighted by molar-refractivity contribution is -1.05. The van der Waals surface area contributed by atoms with E-state index in [2.05, 4.69) is 4.98 Å². The minimum absolute atomic E-state index is 0.173. The van der Waals surface area contributed by atoms with Crippen LogP contribution in [0.5, 0.6) is 0 Å². The van der Waals surface area contributed by atoms with E-state index in [4.69, 9.17) is 9.94 Å². The van der Waals surface area contributed by atoms with Gasteiger partial charge in [0.1, 0.15) is 19.4 Å². The Labute approximate surface area is 101 Å². The van der Waals surface area contributed by atoms with Crippen molar-refractivity contribution in [3.8, 4) is 0 Å². The predicted octanol–water partition coefficient (Wildman–Crippen LogP) is -3.05. The zero-order valence-electron chi connectivity index (χ0n) is 9.75. The van der Waals surface area contributed by atoms with E-state index in [-0.39, 0.29) is 13.3 Å². The van der Waals surface area contributed by atoms with Crippen molar-refractivity contribution >= 4 is 0 Å². The Hall–Kier alpha value is -1.52. The van der Waals surface area contributed by atoms with Crippen molar-refractivity contribution in [2.24, 2.45) is 0 Å². The summed E-state index contributed by atoms with van der Waals surface area (Å²) < 4.78 is 6.10. The van der Waals surface area contributed by atoms with Crippen molar-refractivity contribution in [2.75, 3.05) is 13.2 Å². The van der Waals surface area contributed by atoms with Gasteiger partial charge in [0.25, 0.3) is 5.56 Å². The van der Waals surface area contributed by atoms with E-state index in [0.717, 1.165) is 4.57 Å². The van der Waals surface area contributed by atoms with Crippen molar-refractivity contribution in [2.45, 2.75) is 19.8 Å². The summed E-state index contributed by atoms with van der Waals surface area (Å²) in [6, 6.07) is 0. The Morgan fingerprint density at radius 2 is 2.28 bits per heavy atom. The minimum Gasteiger partial charge on any atom is -0.600 e. The molecular weight excluding hydrogens is 246 g/mol. The SMILES string of the molecule is Cc1cn(COCC(O)C[NH+]([O-])O)c(=O)[nH]c1=O. The van der Waals surface area contributed by atoms with Gasteiger partial charge in [-0.05, 0) is 6.92 Å². The van der Waals surface area contributed by atoms with Crippen LogP contribution in [0.2, 0.25) is 0 Å². The first-order valence-corrected chi connectivity index (χ1v) is 5.18. The molecule has 1 aromatic rings. The topological polar surface area (TPSA) is 132 Å². The van der Waals surface area contributed by atoms with Gasteiger partial charge in [-0.1, -0.05) is 0 Å². The number of aryl methyl sites for hydroxylation is 1. The molecule has 0 bridgehead atoms. The number of H-pyrrole nitrogens is 1. The number of hydrogen-bond donors (Lipinski definition) is 4. The van der Waals surface area contributed by atoms with Crippen LogP contribution in [-0.2, 0) is 11.5 Å². The number of hydroxylamine groups is 2. The van der Waals surface area contributed by atoms with Crippen molar-refractivity contribution in [3.05, 3.63) is 37.8 Å². The van der Waals surface area contributed by atoms with E-state index in [1.54, 1.807) is 0 Å². The van der Waals surface area contributed by atoms with Crippen molar-refractivity contribution in [1.82, 2.24) is 9.55 Å². The molecule has 0 fully saturated rings. The lowest BCUT2D eigenvalue weighted by Gasteiger charge is -2.16. The minimum atomic E-state index is -1.14. The summed E-state index contributed by atoms with van der Waals surface area (Å²) in [5.41, 5.74) is -0.746. The van der Waals surface area contributed by atoms with Crippen LogP contribution in [0.1, 0.15) is 5.56 Å². The number of nitrogens with zero attached hydrogens (tertiary/aromatic N) is 1. The smallest absolute Gasteiger partial charge is 0.330 e. The Bertz CT molecular complexity index is 494. The summed E-state index contributed by atoms with van der Waals surface area (Å²) in [7, 11) is 0. The van der Waals surface area contributed by atoms with Gasteiger partial charge >= 0.3 is 5.69 Å². The number of rotatable bonds is 6. The molecule has 9 nitrogen and oxygen atoms in total. The van der Waals surface area contributed by atoms with E-state index in [1.807, 2.05) is 0 Å². The first-order chi connectivity index (χ1) is 8.40. The third-order valence-corrected chi connectivity index (χ3v) is 2.14. The second-order valence-corrected chi connectivity index (χ2v) is 3.79. The number of aromatic nitrogens is 2. The van der Waals surface area contributed by atoms with Crippen molar-refractivity contribution in [1.29, 1.82) is 0 Å². The maximum atomic E-state index is 11.3. The highest BCUT2D eigenvalue weighted by Crippen LogP contribution is 1.88. The van der Waals surface area contributed by atoms with Crippen LogP contribution in [0.3, 0.4) is 0 Å². The summed E-state index contributed by atoms with van der Waals surface area (Å²) in [6.45, 7) is 0.720. The normalized spacial score (nSPS) is 14.4. The zero-order chi connectivity index (χ0) is 13.7. The first kappa shape index (κ1) is 14.5. The highest BCUT2D eigenvalue weighted by Gasteiger charge is 2.08. The molecular formula is C9H15N3O6. The third kappa shape index (κ3) is 4.39. The van der Waals surface area contributed by atoms with Gasteiger partial charge < -0.3 is 15.1 Å². The summed E-state index contributed by atoms with van der Waals surface area (Å²) in [5.74, 6) is 0. The molecule has 0 aromatic carbocycles. The van der Waals surface area contributed by atoms with Crippen LogP contribution in [-0.4, -0.2) is 39.1 Å². The number of aromatic amines is 1. The number of aliphatic hydroxyl groups excluding tert-OH is 1. The second kappa shape index (κ2) is 6.42. The number of hydrogen-bond acceptors (Lipinski definition) is 6. The third-order valence-electron chi connectivity index (χ3n) is 2.14. The molecule has 2 atom stereocenters. The molecule has 0 spiro atoms. The molecule has 2 unspecified atom stereocenters. The molecule has 0 amide bonds. The van der Waals surface area contributed by atoms with Gasteiger partial charge in [0.05, 0.1) is 6.61 Å². The molecule has 0 aliphatic rings. The van der Waals surface area contributed by atoms with Gasteiger partial charge in [-0.25, -0.2) is 15.2 Å². The molecule has 18 heavy (non-hydrogen) atoms. The van der Waals surface area contributed by atoms with E-state index in [0.29, 0.717) is 5.56 Å². The Morgan fingerprint density at radius 1 is 1.61 bits per heavy atom. The van der Waals surface area contributed by atoms with Gasteiger partial charge in [-0.2, -0.15) is 0 Å². The Morgan fingerprint density at radius 3 is 2.89 bits per heavy atom. The van der Waals surface area contributed by atoms with E-state index >= 15 is 0 Å². The predicted molar refractivity (Wildman–Crippen MR) is 59.0 cm³/mol. The largest absolute Gasteiger partial charge is 0.600 e. The molecule has 9 heteroatoms. The highest BCUT2D eigenvalue weighted by atomic mass is 16.8. The summed E-state index contributed by atoms with van der Waals surface area (Å²) in [4.78, 5) is 24.5. The summed E-state index contributed by atoms with van der Waals surface area (Å²) in [6.07, 6.45) is 0.187. The average Bonchev–Trinajstić information content (AvgIpc) is 2.24. The van der Waals surface area contributed by atoms with Crippen molar-refractivity contribution in [3.63, 3.8) is 0 Å². The maximum absolute atomic E-state index is 11.3. The molecule has 0 saturated carbocycles. The standard InChI is InChI=1S/C9H15N3O6/c1-6-2-11(9(15)10-8(6)14)5-18-4-7(13)3-12(16)17/h2,7,12-13,16H,3-5H2,1H3,(H,10,14,15). The second-order valence-electron chi connectivity index (χ2n) is 3.79. The Kier molecular flexibility index (Phi) is 5.19. The van der Waals surface area contributed by atoms with Crippen molar-refractivity contribution < 1.29 is 20.3 Å². The fourth-order valence-electron chi connectivity index (χ4n) is 1.26. The fourth-order valence-corrected chi connectivity index (χ4v) is 1.26. The Balaban J connectivity index is 2.52. The van der Waals surface area contributed by atoms with E-state index in [1.165, 1.54) is 13.1 Å². The lowest BCUT2D eigenvalue weighted by Crippen LogP contribution is -3.06. The number of nitrogens with one attached hydrogen (secondary N) is 2. The molecule has 0 aliphatic carbocycles. The van der Waals surface area contributed by atoms with Gasteiger partial charge in [0.2, 0.25) is 0 Å². The van der Waals surface area contributed by atoms with Crippen LogP contribution >= 0.6 is 0 Å². The van der Waals surface area contributed by atoms with Crippen LogP contribution < -0.4 is 16.5 Å². The highest BCUT2D eigenvalue weighted by molar-refractivity contribution is 5.00. The van der Waals surface area contributed by atoms with Crippen LogP contribution in [0.25, 0.3) is 0 Å². The first-order valence-electron chi connectivity index (χ1n) is 5.18. The number of quaternary nitrogens is 1. The molecule has 1 aromatic heterocycles. The quantitative estimate of drug-likeness (QED) is 0.402. The molecule has 0 saturated heterocycles.